The predicted molar refractivity (Wildman–Crippen MR) is 312 cm³/mol. The average Bonchev–Trinajstić information content (AvgIpc) is 3.42. The van der Waals surface area contributed by atoms with Crippen molar-refractivity contribution in [1.29, 1.82) is 0 Å². The summed E-state index contributed by atoms with van der Waals surface area (Å²) in [6, 6.07) is 0. The third kappa shape index (κ3) is 43.0. The summed E-state index contributed by atoms with van der Waals surface area (Å²) in [5.41, 5.74) is 0. The highest BCUT2D eigenvalue weighted by molar-refractivity contribution is 5.74. The predicted octanol–water partition coefficient (Wildman–Crippen LogP) is 16.3. The Morgan fingerprint density at radius 2 is 0.805 bits per heavy atom. The van der Waals surface area contributed by atoms with Gasteiger partial charge in [-0.3, -0.25) is 14.4 Å². The standard InChI is InChI=1S/C65H112O12/c1-4-7-10-13-16-19-22-25-27-28-29-30-32-34-36-39-42-45-48-51-57(66)73-54-56(75-58(67)52-49-46-43-40-38-35-31-26-23-20-17-14-11-8-5-2)55-74-65-63(61(70)60(69)62(77-65)64(71)72)76-59(68)53-50-47-44-41-37-33-24-21-18-15-12-9-6-3/h12,15-16,19,21,24-25,27,29-30,56,60-63,65,69-70H,4-11,13-14,17-18,20,22-23,26,28,31-55H2,1-3H3,(H,71,72)/b15-12-,19-16-,24-21-,27-25-,30-29-. The Bertz CT molecular complexity index is 1570. The van der Waals surface area contributed by atoms with Crippen molar-refractivity contribution >= 4 is 23.9 Å². The molecule has 0 aromatic carbocycles. The van der Waals surface area contributed by atoms with Crippen molar-refractivity contribution in [3.05, 3.63) is 60.8 Å². The lowest BCUT2D eigenvalue weighted by molar-refractivity contribution is -0.301. The Morgan fingerprint density at radius 1 is 0.429 bits per heavy atom. The topological polar surface area (TPSA) is 175 Å². The number of carboxylic acids is 1. The molecule has 1 fully saturated rings. The van der Waals surface area contributed by atoms with Gasteiger partial charge in [0.05, 0.1) is 6.61 Å². The lowest BCUT2D eigenvalue weighted by atomic mass is 9.98. The maximum absolute atomic E-state index is 13.2. The van der Waals surface area contributed by atoms with Gasteiger partial charge in [0.1, 0.15) is 18.8 Å². The number of unbranched alkanes of at least 4 members (excludes halogenated alkanes) is 29. The van der Waals surface area contributed by atoms with Gasteiger partial charge in [-0.1, -0.05) is 236 Å². The molecular formula is C65H112O12. The van der Waals surface area contributed by atoms with Crippen molar-refractivity contribution in [3.8, 4) is 0 Å². The number of carbonyl (C=O) groups is 4. The second kappa shape index (κ2) is 53.1. The first-order chi connectivity index (χ1) is 37.6. The molecule has 0 saturated carbocycles. The zero-order chi connectivity index (χ0) is 56.1. The number of aliphatic hydroxyl groups excluding tert-OH is 2. The number of hydrogen-bond donors (Lipinski definition) is 3. The Balaban J connectivity index is 2.68. The zero-order valence-electron chi connectivity index (χ0n) is 49.0. The average molecular weight is 1090 g/mol. The minimum atomic E-state index is -1.91. The molecule has 0 spiro atoms. The van der Waals surface area contributed by atoms with Crippen LogP contribution in [0.25, 0.3) is 0 Å². The fraction of sp³-hybridized carbons (Fsp3) is 0.785. The molecule has 0 bridgehead atoms. The quantitative estimate of drug-likeness (QED) is 0.0228. The van der Waals surface area contributed by atoms with Gasteiger partial charge in [0, 0.05) is 19.3 Å². The van der Waals surface area contributed by atoms with E-state index in [2.05, 4.69) is 81.5 Å². The Kier molecular flexibility index (Phi) is 49.2. The van der Waals surface area contributed by atoms with Crippen LogP contribution in [0.3, 0.4) is 0 Å². The maximum atomic E-state index is 13.2. The molecule has 6 unspecified atom stereocenters. The first kappa shape index (κ1) is 71.4. The molecule has 6 atom stereocenters. The van der Waals surface area contributed by atoms with E-state index in [-0.39, 0.29) is 25.9 Å². The van der Waals surface area contributed by atoms with Crippen LogP contribution in [0.4, 0.5) is 0 Å². The summed E-state index contributed by atoms with van der Waals surface area (Å²) in [5.74, 6) is -3.14. The summed E-state index contributed by atoms with van der Waals surface area (Å²) >= 11 is 0. The van der Waals surface area contributed by atoms with Crippen molar-refractivity contribution in [3.63, 3.8) is 0 Å². The zero-order valence-corrected chi connectivity index (χ0v) is 49.0. The van der Waals surface area contributed by atoms with Crippen molar-refractivity contribution < 1.29 is 58.2 Å². The van der Waals surface area contributed by atoms with E-state index in [0.717, 1.165) is 122 Å². The lowest BCUT2D eigenvalue weighted by Gasteiger charge is -2.40. The molecule has 0 amide bonds. The minimum Gasteiger partial charge on any atom is -0.479 e. The Hall–Kier alpha value is -3.58. The van der Waals surface area contributed by atoms with Gasteiger partial charge in [-0.05, 0) is 83.5 Å². The van der Waals surface area contributed by atoms with Gasteiger partial charge < -0.3 is 39.0 Å². The molecule has 12 nitrogen and oxygen atoms in total. The van der Waals surface area contributed by atoms with Crippen molar-refractivity contribution in [1.82, 2.24) is 0 Å². The van der Waals surface area contributed by atoms with E-state index in [1.54, 1.807) is 0 Å². The molecule has 12 heteroatoms. The number of rotatable bonds is 53. The highest BCUT2D eigenvalue weighted by Crippen LogP contribution is 2.26. The van der Waals surface area contributed by atoms with Gasteiger partial charge in [-0.15, -0.1) is 0 Å². The van der Waals surface area contributed by atoms with Crippen molar-refractivity contribution in [2.75, 3.05) is 13.2 Å². The molecule has 3 N–H and O–H groups in total. The monoisotopic (exact) mass is 1080 g/mol. The Morgan fingerprint density at radius 3 is 1.26 bits per heavy atom. The van der Waals surface area contributed by atoms with Crippen molar-refractivity contribution in [2.24, 2.45) is 0 Å². The third-order valence-electron chi connectivity index (χ3n) is 14.0. The molecule has 0 aromatic rings. The number of allylic oxidation sites excluding steroid dienone is 10. The lowest BCUT2D eigenvalue weighted by Crippen LogP contribution is -2.61. The number of aliphatic hydroxyl groups is 2. The summed E-state index contributed by atoms with van der Waals surface area (Å²) < 4.78 is 28.5. The summed E-state index contributed by atoms with van der Waals surface area (Å²) in [5, 5.41) is 31.5. The second-order valence-corrected chi connectivity index (χ2v) is 21.3. The van der Waals surface area contributed by atoms with Gasteiger partial charge in [0.25, 0.3) is 0 Å². The SMILES string of the molecule is CCC/C=C\C/C=C\CCCCCCCC(=O)OC1C(OCC(COC(=O)CCCCCCCC/C=C\C/C=C\C/C=C\CCCCC)OC(=O)CCCCCCCCCCCCCCCCC)OC(C(=O)O)C(O)C1O. The molecule has 0 aromatic heterocycles. The van der Waals surface area contributed by atoms with Crippen LogP contribution in [0.5, 0.6) is 0 Å². The maximum Gasteiger partial charge on any atom is 0.335 e. The van der Waals surface area contributed by atoms with Crippen LogP contribution < -0.4 is 0 Å². The van der Waals surface area contributed by atoms with E-state index < -0.39 is 67.3 Å². The fourth-order valence-electron chi connectivity index (χ4n) is 9.24. The van der Waals surface area contributed by atoms with Gasteiger partial charge in [-0.2, -0.15) is 0 Å². The van der Waals surface area contributed by atoms with E-state index in [1.807, 2.05) is 0 Å². The first-order valence-corrected chi connectivity index (χ1v) is 31.3. The van der Waals surface area contributed by atoms with E-state index in [9.17, 15) is 34.5 Å². The van der Waals surface area contributed by atoms with E-state index in [4.69, 9.17) is 23.7 Å². The smallest absolute Gasteiger partial charge is 0.335 e. The largest absolute Gasteiger partial charge is 0.479 e. The van der Waals surface area contributed by atoms with Gasteiger partial charge in [0.2, 0.25) is 0 Å². The van der Waals surface area contributed by atoms with Gasteiger partial charge in [0.15, 0.2) is 24.6 Å². The molecule has 1 aliphatic heterocycles. The van der Waals surface area contributed by atoms with Crippen LogP contribution in [-0.4, -0.2) is 89.2 Å². The summed E-state index contributed by atoms with van der Waals surface area (Å²) in [6.45, 7) is 5.91. The number of carboxylic acid groups (broad SMARTS) is 1. The van der Waals surface area contributed by atoms with Crippen LogP contribution in [0.2, 0.25) is 0 Å². The highest BCUT2D eigenvalue weighted by atomic mass is 16.7. The van der Waals surface area contributed by atoms with Crippen LogP contribution in [0.15, 0.2) is 60.8 Å². The first-order valence-electron chi connectivity index (χ1n) is 31.3. The number of esters is 3. The summed E-state index contributed by atoms with van der Waals surface area (Å²) in [4.78, 5) is 51.2. The molecule has 0 aliphatic carbocycles. The molecule has 1 aliphatic rings. The normalized spacial score (nSPS) is 18.4. The van der Waals surface area contributed by atoms with E-state index in [1.165, 1.54) is 96.3 Å². The molecule has 77 heavy (non-hydrogen) atoms. The second-order valence-electron chi connectivity index (χ2n) is 21.3. The minimum absolute atomic E-state index is 0.0434. The molecule has 0 radical (unpaired) electrons. The highest BCUT2D eigenvalue weighted by Gasteiger charge is 2.50. The number of hydrogen-bond acceptors (Lipinski definition) is 11. The third-order valence-corrected chi connectivity index (χ3v) is 14.0. The van der Waals surface area contributed by atoms with E-state index >= 15 is 0 Å². The summed E-state index contributed by atoms with van der Waals surface area (Å²) in [6.07, 6.45) is 53.2. The molecule has 1 saturated heterocycles. The fourth-order valence-corrected chi connectivity index (χ4v) is 9.24. The van der Waals surface area contributed by atoms with Gasteiger partial charge >= 0.3 is 23.9 Å². The summed E-state index contributed by atoms with van der Waals surface area (Å²) in [7, 11) is 0. The van der Waals surface area contributed by atoms with Gasteiger partial charge in [-0.25, -0.2) is 4.79 Å². The van der Waals surface area contributed by atoms with Crippen molar-refractivity contribution in [2.45, 2.75) is 314 Å². The molecule has 1 rings (SSSR count). The Labute approximate surface area is 468 Å². The number of ether oxygens (including phenoxy) is 5. The van der Waals surface area contributed by atoms with E-state index in [0.29, 0.717) is 19.3 Å². The molecular weight excluding hydrogens is 973 g/mol. The molecule has 444 valence electrons. The van der Waals surface area contributed by atoms with Crippen LogP contribution in [0, 0.1) is 0 Å². The van der Waals surface area contributed by atoms with Crippen LogP contribution >= 0.6 is 0 Å². The number of carbonyl (C=O) groups excluding carboxylic acids is 3. The number of aliphatic carboxylic acids is 1. The molecule has 1 heterocycles. The van der Waals surface area contributed by atoms with Crippen LogP contribution in [0.1, 0.15) is 278 Å². The van der Waals surface area contributed by atoms with Crippen LogP contribution in [-0.2, 0) is 42.9 Å².